The molecule has 0 amide bonds. The van der Waals surface area contributed by atoms with Crippen molar-refractivity contribution in [1.82, 2.24) is 19.4 Å². The molecule has 1 fully saturated rings. The molecule has 5 heteroatoms. The first kappa shape index (κ1) is 8.67. The van der Waals surface area contributed by atoms with Crippen molar-refractivity contribution in [2.75, 3.05) is 13.1 Å². The lowest BCUT2D eigenvalue weighted by atomic mass is 10.2. The first-order chi connectivity index (χ1) is 7.29. The van der Waals surface area contributed by atoms with E-state index in [9.17, 15) is 4.79 Å². The first-order valence-corrected chi connectivity index (χ1v) is 5.01. The minimum Gasteiger partial charge on any atom is -0.313 e. The number of nitrogens with zero attached hydrogens (tertiary/aromatic N) is 3. The number of nitrogens with one attached hydrogen (secondary N) is 1. The molecule has 0 aliphatic carbocycles. The molecule has 1 N–H and O–H groups in total. The number of aryl methyl sites for hydroxylation is 1. The van der Waals surface area contributed by atoms with E-state index in [0.29, 0.717) is 0 Å². The minimum absolute atomic E-state index is 0.0233. The fourth-order valence-electron chi connectivity index (χ4n) is 1.98. The van der Waals surface area contributed by atoms with Gasteiger partial charge in [0, 0.05) is 26.3 Å². The van der Waals surface area contributed by atoms with E-state index < -0.39 is 0 Å². The summed E-state index contributed by atoms with van der Waals surface area (Å²) in [7, 11) is 1.79. The molecular formula is C10H12N4O. The van der Waals surface area contributed by atoms with E-state index in [-0.39, 0.29) is 11.7 Å². The largest absolute Gasteiger partial charge is 0.330 e. The Morgan fingerprint density at radius 2 is 2.33 bits per heavy atom. The van der Waals surface area contributed by atoms with Gasteiger partial charge in [0.2, 0.25) is 0 Å². The van der Waals surface area contributed by atoms with E-state index in [4.69, 9.17) is 0 Å². The molecule has 78 valence electrons. The van der Waals surface area contributed by atoms with Crippen LogP contribution < -0.4 is 11.0 Å². The van der Waals surface area contributed by atoms with Crippen LogP contribution in [0.5, 0.6) is 0 Å². The van der Waals surface area contributed by atoms with Gasteiger partial charge in [-0.2, -0.15) is 0 Å². The van der Waals surface area contributed by atoms with E-state index in [1.807, 2.05) is 12.1 Å². The molecule has 0 atom stereocenters. The van der Waals surface area contributed by atoms with Crippen molar-refractivity contribution in [3.05, 3.63) is 28.8 Å². The Morgan fingerprint density at radius 1 is 1.53 bits per heavy atom. The van der Waals surface area contributed by atoms with Crippen LogP contribution in [0.15, 0.2) is 23.1 Å². The third-order valence-electron chi connectivity index (χ3n) is 2.97. The van der Waals surface area contributed by atoms with Crippen molar-refractivity contribution < 1.29 is 0 Å². The lowest BCUT2D eigenvalue weighted by molar-refractivity contribution is 0.340. The summed E-state index contributed by atoms with van der Waals surface area (Å²) >= 11 is 0. The van der Waals surface area contributed by atoms with E-state index in [1.165, 1.54) is 0 Å². The minimum atomic E-state index is 0.0233. The average molecular weight is 204 g/mol. The van der Waals surface area contributed by atoms with Crippen molar-refractivity contribution in [2.45, 2.75) is 6.04 Å². The van der Waals surface area contributed by atoms with Crippen LogP contribution in [0.4, 0.5) is 0 Å². The Kier molecular flexibility index (Phi) is 1.70. The number of aromatic nitrogens is 3. The van der Waals surface area contributed by atoms with Crippen LogP contribution in [0, 0.1) is 0 Å². The van der Waals surface area contributed by atoms with Gasteiger partial charge in [-0.1, -0.05) is 0 Å². The van der Waals surface area contributed by atoms with E-state index >= 15 is 0 Å². The zero-order valence-corrected chi connectivity index (χ0v) is 8.47. The number of pyridine rings is 1. The van der Waals surface area contributed by atoms with Gasteiger partial charge < -0.3 is 5.32 Å². The maximum Gasteiger partial charge on any atom is 0.330 e. The van der Waals surface area contributed by atoms with Gasteiger partial charge in [0.15, 0.2) is 5.65 Å². The number of hydrogen-bond donors (Lipinski definition) is 1. The lowest BCUT2D eigenvalue weighted by Crippen LogP contribution is -2.46. The zero-order chi connectivity index (χ0) is 10.4. The van der Waals surface area contributed by atoms with E-state index in [1.54, 1.807) is 22.4 Å². The second kappa shape index (κ2) is 2.93. The number of fused-ring (bicyclic) bond motifs is 1. The first-order valence-electron chi connectivity index (χ1n) is 5.01. The highest BCUT2D eigenvalue weighted by atomic mass is 16.1. The number of rotatable bonds is 1. The Balaban J connectivity index is 2.36. The molecule has 0 bridgehead atoms. The standard InChI is InChI=1S/C10H12N4O/c1-13-8-3-2-4-12-9(8)14(10(13)15)7-5-11-6-7/h2-4,7,11H,5-6H2,1H3. The maximum atomic E-state index is 12.0. The molecule has 0 spiro atoms. The van der Waals surface area contributed by atoms with Crippen molar-refractivity contribution in [1.29, 1.82) is 0 Å². The average Bonchev–Trinajstić information content (AvgIpc) is 2.42. The summed E-state index contributed by atoms with van der Waals surface area (Å²) in [5.74, 6) is 0. The predicted octanol–water partition coefficient (Wildman–Crippen LogP) is -0.121. The highest BCUT2D eigenvalue weighted by Crippen LogP contribution is 2.16. The molecule has 0 aromatic carbocycles. The molecule has 1 aliphatic rings. The smallest absolute Gasteiger partial charge is 0.313 e. The fraction of sp³-hybridized carbons (Fsp3) is 0.400. The van der Waals surface area contributed by atoms with Gasteiger partial charge in [-0.25, -0.2) is 9.78 Å². The lowest BCUT2D eigenvalue weighted by Gasteiger charge is -2.27. The Labute approximate surface area is 86.3 Å². The third kappa shape index (κ3) is 1.07. The predicted molar refractivity (Wildman–Crippen MR) is 56.9 cm³/mol. The summed E-state index contributed by atoms with van der Waals surface area (Å²) in [4.78, 5) is 16.3. The Morgan fingerprint density at radius 3 is 3.00 bits per heavy atom. The van der Waals surface area contributed by atoms with Crippen LogP contribution in [0.3, 0.4) is 0 Å². The van der Waals surface area contributed by atoms with Gasteiger partial charge in [-0.05, 0) is 12.1 Å². The van der Waals surface area contributed by atoms with Gasteiger partial charge in [-0.3, -0.25) is 9.13 Å². The molecular weight excluding hydrogens is 192 g/mol. The van der Waals surface area contributed by atoms with Crippen molar-refractivity contribution >= 4 is 11.2 Å². The van der Waals surface area contributed by atoms with Crippen LogP contribution in [0.25, 0.3) is 11.2 Å². The summed E-state index contributed by atoms with van der Waals surface area (Å²) in [6, 6.07) is 4.04. The van der Waals surface area contributed by atoms with Gasteiger partial charge in [0.25, 0.3) is 0 Å². The summed E-state index contributed by atoms with van der Waals surface area (Å²) in [6.07, 6.45) is 1.73. The van der Waals surface area contributed by atoms with Crippen LogP contribution >= 0.6 is 0 Å². The molecule has 2 aromatic rings. The normalized spacial score (nSPS) is 16.9. The van der Waals surface area contributed by atoms with Crippen molar-refractivity contribution in [3.8, 4) is 0 Å². The van der Waals surface area contributed by atoms with Crippen LogP contribution in [0.2, 0.25) is 0 Å². The second-order valence-corrected chi connectivity index (χ2v) is 3.87. The highest BCUT2D eigenvalue weighted by molar-refractivity contribution is 5.71. The van der Waals surface area contributed by atoms with E-state index in [0.717, 1.165) is 24.3 Å². The van der Waals surface area contributed by atoms with Crippen LogP contribution in [-0.4, -0.2) is 27.2 Å². The topological polar surface area (TPSA) is 51.9 Å². The van der Waals surface area contributed by atoms with Crippen LogP contribution in [0.1, 0.15) is 6.04 Å². The monoisotopic (exact) mass is 204 g/mol. The molecule has 0 saturated carbocycles. The molecule has 0 radical (unpaired) electrons. The van der Waals surface area contributed by atoms with Gasteiger partial charge in [-0.15, -0.1) is 0 Å². The molecule has 3 rings (SSSR count). The van der Waals surface area contributed by atoms with Crippen LogP contribution in [-0.2, 0) is 7.05 Å². The molecule has 3 heterocycles. The maximum absolute atomic E-state index is 12.0. The van der Waals surface area contributed by atoms with Crippen molar-refractivity contribution in [3.63, 3.8) is 0 Å². The van der Waals surface area contributed by atoms with E-state index in [2.05, 4.69) is 10.3 Å². The Hall–Kier alpha value is -1.62. The third-order valence-corrected chi connectivity index (χ3v) is 2.97. The number of hydrogen-bond acceptors (Lipinski definition) is 3. The van der Waals surface area contributed by atoms with Crippen molar-refractivity contribution in [2.24, 2.45) is 7.05 Å². The summed E-state index contributed by atoms with van der Waals surface area (Å²) in [5, 5.41) is 3.16. The molecule has 2 aromatic heterocycles. The SMILES string of the molecule is Cn1c(=O)n(C2CNC2)c2ncccc21. The molecule has 0 unspecified atom stereocenters. The number of imidazole rings is 1. The zero-order valence-electron chi connectivity index (χ0n) is 8.47. The van der Waals surface area contributed by atoms with Gasteiger partial charge >= 0.3 is 5.69 Å². The second-order valence-electron chi connectivity index (χ2n) is 3.87. The summed E-state index contributed by atoms with van der Waals surface area (Å²) in [5.41, 5.74) is 1.71. The van der Waals surface area contributed by atoms with Gasteiger partial charge in [0.1, 0.15) is 0 Å². The quantitative estimate of drug-likeness (QED) is 0.704. The Bertz CT molecular complexity index is 564. The highest BCUT2D eigenvalue weighted by Gasteiger charge is 2.24. The summed E-state index contributed by atoms with van der Waals surface area (Å²) in [6.45, 7) is 1.71. The molecule has 1 aliphatic heterocycles. The molecule has 1 saturated heterocycles. The molecule has 5 nitrogen and oxygen atoms in total. The molecule has 15 heavy (non-hydrogen) atoms. The summed E-state index contributed by atoms with van der Waals surface area (Å²) < 4.78 is 3.44. The fourth-order valence-corrected chi connectivity index (χ4v) is 1.98. The van der Waals surface area contributed by atoms with Gasteiger partial charge in [0.05, 0.1) is 11.6 Å².